The number of rotatable bonds is 7. The Morgan fingerprint density at radius 2 is 2.00 bits per heavy atom. The van der Waals surface area contributed by atoms with Gasteiger partial charge in [0.2, 0.25) is 0 Å². The van der Waals surface area contributed by atoms with Crippen molar-refractivity contribution in [2.24, 2.45) is 0 Å². The van der Waals surface area contributed by atoms with Crippen molar-refractivity contribution >= 4 is 34.5 Å². The van der Waals surface area contributed by atoms with Crippen LogP contribution in [-0.4, -0.2) is 30.0 Å². The number of thiophene rings is 2. The average molecular weight is 405 g/mol. The molecule has 5 nitrogen and oxygen atoms in total. The molecule has 0 saturated heterocycles. The molecule has 3 rings (SSSR count). The lowest BCUT2D eigenvalue weighted by Gasteiger charge is -2.26. The third kappa shape index (κ3) is 5.06. The number of allylic oxidation sites excluding steroid dienone is 1. The van der Waals surface area contributed by atoms with E-state index in [-0.39, 0.29) is 6.54 Å². The summed E-state index contributed by atoms with van der Waals surface area (Å²) in [5.74, 6) is -1.39. The molecule has 1 aliphatic carbocycles. The minimum atomic E-state index is -1.34. The van der Waals surface area contributed by atoms with Crippen LogP contribution in [0.5, 0.6) is 0 Å². The molecule has 0 saturated carbocycles. The van der Waals surface area contributed by atoms with E-state index in [2.05, 4.69) is 16.7 Å². The van der Waals surface area contributed by atoms with E-state index in [1.165, 1.54) is 41.1 Å². The second kappa shape index (κ2) is 9.30. The maximum Gasteiger partial charge on any atom is 0.309 e. The van der Waals surface area contributed by atoms with Crippen LogP contribution in [0.1, 0.15) is 42.5 Å². The lowest BCUT2D eigenvalue weighted by molar-refractivity contribution is -0.139. The molecular weight excluding hydrogens is 380 g/mol. The molecule has 144 valence electrons. The summed E-state index contributed by atoms with van der Waals surface area (Å²) < 4.78 is 0. The second-order valence-electron chi connectivity index (χ2n) is 6.65. The fourth-order valence-corrected chi connectivity index (χ4v) is 4.75. The summed E-state index contributed by atoms with van der Waals surface area (Å²) in [6.45, 7) is 0.402. The van der Waals surface area contributed by atoms with Crippen LogP contribution in [0, 0.1) is 0 Å². The van der Waals surface area contributed by atoms with Gasteiger partial charge in [-0.3, -0.25) is 9.59 Å². The average Bonchev–Trinajstić information content (AvgIpc) is 3.41. The van der Waals surface area contributed by atoms with Crippen LogP contribution in [0.15, 0.2) is 46.0 Å². The first-order valence-electron chi connectivity index (χ1n) is 9.12. The van der Waals surface area contributed by atoms with Crippen molar-refractivity contribution in [2.45, 2.75) is 37.7 Å². The fourth-order valence-electron chi connectivity index (χ4n) is 3.18. The van der Waals surface area contributed by atoms with Gasteiger partial charge in [-0.15, -0.1) is 11.3 Å². The second-order valence-corrected chi connectivity index (χ2v) is 8.37. The monoisotopic (exact) mass is 404 g/mol. The number of nitrogens with one attached hydrogen (secondary N) is 2. The molecule has 0 spiro atoms. The van der Waals surface area contributed by atoms with Crippen LogP contribution < -0.4 is 10.6 Å². The molecule has 0 bridgehead atoms. The Bertz CT molecular complexity index is 748. The van der Waals surface area contributed by atoms with Crippen molar-refractivity contribution in [3.05, 3.63) is 56.4 Å². The summed E-state index contributed by atoms with van der Waals surface area (Å²) in [5, 5.41) is 22.0. The molecular formula is C20H24N2O3S2. The summed E-state index contributed by atoms with van der Waals surface area (Å²) in [6.07, 6.45) is 7.63. The highest BCUT2D eigenvalue weighted by molar-refractivity contribution is 7.10. The van der Waals surface area contributed by atoms with Crippen molar-refractivity contribution < 1.29 is 14.7 Å². The van der Waals surface area contributed by atoms with Crippen molar-refractivity contribution in [3.63, 3.8) is 0 Å². The first-order valence-corrected chi connectivity index (χ1v) is 10.9. The smallest absolute Gasteiger partial charge is 0.309 e. The van der Waals surface area contributed by atoms with Gasteiger partial charge in [-0.05, 0) is 60.4 Å². The quantitative estimate of drug-likeness (QED) is 0.490. The maximum atomic E-state index is 12.2. The highest BCUT2D eigenvalue weighted by atomic mass is 32.1. The van der Waals surface area contributed by atoms with Crippen LogP contribution in [-0.2, 0) is 15.2 Å². The number of aliphatic hydroxyl groups is 1. The summed E-state index contributed by atoms with van der Waals surface area (Å²) in [6, 6.07) is 5.51. The minimum absolute atomic E-state index is 0.0539. The predicted octanol–water partition coefficient (Wildman–Crippen LogP) is 3.17. The lowest BCUT2D eigenvalue weighted by atomic mass is 9.94. The molecule has 0 unspecified atom stereocenters. The van der Waals surface area contributed by atoms with Crippen LogP contribution in [0.2, 0.25) is 0 Å². The van der Waals surface area contributed by atoms with E-state index in [0.717, 1.165) is 24.1 Å². The molecule has 3 N–H and O–H groups in total. The number of hydrogen-bond donors (Lipinski definition) is 3. The summed E-state index contributed by atoms with van der Waals surface area (Å²) in [5.41, 5.74) is 0.725. The highest BCUT2D eigenvalue weighted by Gasteiger charge is 2.34. The van der Waals surface area contributed by atoms with E-state index in [0.29, 0.717) is 12.1 Å². The zero-order valence-electron chi connectivity index (χ0n) is 15.1. The zero-order chi connectivity index (χ0) is 19.1. The third-order valence-electron chi connectivity index (χ3n) is 4.76. The van der Waals surface area contributed by atoms with Crippen molar-refractivity contribution in [1.82, 2.24) is 10.6 Å². The molecule has 0 fully saturated rings. The van der Waals surface area contributed by atoms with E-state index in [1.807, 2.05) is 34.3 Å². The number of amides is 2. The highest BCUT2D eigenvalue weighted by Crippen LogP contribution is 2.33. The van der Waals surface area contributed by atoms with Crippen LogP contribution in [0.25, 0.3) is 0 Å². The molecule has 1 aliphatic rings. The van der Waals surface area contributed by atoms with Crippen molar-refractivity contribution in [1.29, 1.82) is 0 Å². The van der Waals surface area contributed by atoms with E-state index >= 15 is 0 Å². The van der Waals surface area contributed by atoms with E-state index in [4.69, 9.17) is 0 Å². The molecule has 0 aromatic carbocycles. The minimum Gasteiger partial charge on any atom is -0.378 e. The van der Waals surface area contributed by atoms with Gasteiger partial charge in [0.05, 0.1) is 6.54 Å². The molecule has 27 heavy (non-hydrogen) atoms. The van der Waals surface area contributed by atoms with E-state index in [1.54, 1.807) is 0 Å². The first kappa shape index (κ1) is 19.8. The number of carbonyl (C=O) groups is 2. The molecule has 0 radical (unpaired) electrons. The van der Waals surface area contributed by atoms with Gasteiger partial charge in [-0.25, -0.2) is 0 Å². The molecule has 1 atom stereocenters. The summed E-state index contributed by atoms with van der Waals surface area (Å²) in [4.78, 5) is 25.0. The standard InChI is InChI=1S/C20H24N2O3S2/c23-18(21-10-8-15-5-2-1-3-6-15)19(24)22-14-20(25,16-9-12-26-13-16)17-7-4-11-27-17/h4-5,7,9,11-13,25H,1-3,6,8,10,14H2,(H,21,23)(H,22,24)/t20-/m0/s1. The Hall–Kier alpha value is -1.96. The lowest BCUT2D eigenvalue weighted by Crippen LogP contribution is -2.46. The molecule has 2 heterocycles. The number of hydrogen-bond acceptors (Lipinski definition) is 5. The molecule has 7 heteroatoms. The Labute approximate surface area is 167 Å². The van der Waals surface area contributed by atoms with Gasteiger partial charge >= 0.3 is 11.8 Å². The first-order chi connectivity index (χ1) is 13.1. The van der Waals surface area contributed by atoms with Crippen LogP contribution >= 0.6 is 22.7 Å². The summed E-state index contributed by atoms with van der Waals surface area (Å²) in [7, 11) is 0. The van der Waals surface area contributed by atoms with Crippen molar-refractivity contribution in [2.75, 3.05) is 13.1 Å². The molecule has 2 aromatic rings. The van der Waals surface area contributed by atoms with Gasteiger partial charge in [0.25, 0.3) is 0 Å². The fraction of sp³-hybridized carbons (Fsp3) is 0.400. The third-order valence-corrected chi connectivity index (χ3v) is 6.46. The largest absolute Gasteiger partial charge is 0.378 e. The Balaban J connectivity index is 1.53. The Morgan fingerprint density at radius 3 is 2.67 bits per heavy atom. The maximum absolute atomic E-state index is 12.2. The van der Waals surface area contributed by atoms with Gasteiger partial charge in [-0.1, -0.05) is 17.7 Å². The topological polar surface area (TPSA) is 78.4 Å². The van der Waals surface area contributed by atoms with Crippen LogP contribution in [0.4, 0.5) is 0 Å². The van der Waals surface area contributed by atoms with Gasteiger partial charge in [0.1, 0.15) is 5.60 Å². The predicted molar refractivity (Wildman–Crippen MR) is 109 cm³/mol. The number of carbonyl (C=O) groups excluding carboxylic acids is 2. The molecule has 0 aliphatic heterocycles. The van der Waals surface area contributed by atoms with Crippen molar-refractivity contribution in [3.8, 4) is 0 Å². The van der Waals surface area contributed by atoms with Gasteiger partial charge in [0.15, 0.2) is 0 Å². The summed E-state index contributed by atoms with van der Waals surface area (Å²) >= 11 is 2.89. The Kier molecular flexibility index (Phi) is 6.82. The normalized spacial score (nSPS) is 16.3. The zero-order valence-corrected chi connectivity index (χ0v) is 16.7. The van der Waals surface area contributed by atoms with E-state index < -0.39 is 17.4 Å². The van der Waals surface area contributed by atoms with E-state index in [9.17, 15) is 14.7 Å². The SMILES string of the molecule is O=C(NCCC1=CCCCC1)C(=O)NC[C@](O)(c1ccsc1)c1cccs1. The molecule has 2 aromatic heterocycles. The van der Waals surface area contributed by atoms with Gasteiger partial charge in [0, 0.05) is 17.0 Å². The van der Waals surface area contributed by atoms with Gasteiger partial charge < -0.3 is 15.7 Å². The Morgan fingerprint density at radius 1 is 1.15 bits per heavy atom. The van der Waals surface area contributed by atoms with Crippen LogP contribution in [0.3, 0.4) is 0 Å². The molecule has 2 amide bonds. The van der Waals surface area contributed by atoms with Gasteiger partial charge in [-0.2, -0.15) is 11.3 Å².